The first-order valence-corrected chi connectivity index (χ1v) is 7.71. The maximum atomic E-state index is 11.7. The zero-order valence-corrected chi connectivity index (χ0v) is 12.5. The molecule has 0 radical (unpaired) electrons. The molecule has 0 amide bonds. The van der Waals surface area contributed by atoms with E-state index in [0.717, 1.165) is 16.4 Å². The summed E-state index contributed by atoms with van der Waals surface area (Å²) in [7, 11) is 0. The lowest BCUT2D eigenvalue weighted by atomic mass is 10.4. The second-order valence-corrected chi connectivity index (χ2v) is 5.75. The van der Waals surface area contributed by atoms with Gasteiger partial charge in [-0.1, -0.05) is 22.2 Å². The van der Waals surface area contributed by atoms with E-state index in [2.05, 4.69) is 9.59 Å². The molecule has 19 heavy (non-hydrogen) atoms. The Morgan fingerprint density at radius 3 is 3.11 bits per heavy atom. The summed E-state index contributed by atoms with van der Waals surface area (Å²) in [6.07, 6.45) is 0. The van der Waals surface area contributed by atoms with Crippen LogP contribution < -0.4 is 0 Å². The highest BCUT2D eigenvalue weighted by atomic mass is 35.5. The molecule has 2 rings (SSSR count). The van der Waals surface area contributed by atoms with Crippen LogP contribution in [0, 0.1) is 0 Å². The Morgan fingerprint density at radius 2 is 2.37 bits per heavy atom. The number of carbonyl (C=O) groups is 1. The van der Waals surface area contributed by atoms with E-state index in [4.69, 9.17) is 16.3 Å². The van der Waals surface area contributed by atoms with E-state index in [1.165, 1.54) is 0 Å². The van der Waals surface area contributed by atoms with Crippen LogP contribution in [-0.4, -0.2) is 22.2 Å². The minimum absolute atomic E-state index is 0.345. The summed E-state index contributed by atoms with van der Waals surface area (Å²) in [5.41, 5.74) is 0.647. The number of ether oxygens (including phenoxy) is 1. The Morgan fingerprint density at radius 1 is 1.53 bits per heavy atom. The van der Waals surface area contributed by atoms with Crippen molar-refractivity contribution in [1.82, 2.24) is 9.59 Å². The van der Waals surface area contributed by atoms with E-state index in [-0.39, 0.29) is 5.97 Å². The third kappa shape index (κ3) is 3.92. The van der Waals surface area contributed by atoms with Crippen LogP contribution in [0.1, 0.15) is 22.3 Å². The molecule has 0 aliphatic heterocycles. The number of hydrogen-bond acceptors (Lipinski definition) is 6. The Balaban J connectivity index is 2.04. The Hall–Kier alpha value is -1.11. The first kappa shape index (κ1) is 14.3. The minimum atomic E-state index is -0.362. The number of hydrogen-bond donors (Lipinski definition) is 0. The van der Waals surface area contributed by atoms with Gasteiger partial charge in [-0.15, -0.1) is 16.9 Å². The number of halogens is 1. The summed E-state index contributed by atoms with van der Waals surface area (Å²) in [5, 5.41) is 4.66. The van der Waals surface area contributed by atoms with Gasteiger partial charge in [-0.3, -0.25) is 0 Å². The molecule has 0 unspecified atom stereocenters. The second-order valence-electron chi connectivity index (χ2n) is 3.52. The molecule has 100 valence electrons. The van der Waals surface area contributed by atoms with Gasteiger partial charge in [0.2, 0.25) is 0 Å². The van der Waals surface area contributed by atoms with Gasteiger partial charge in [-0.05, 0) is 36.7 Å². The number of esters is 1. The van der Waals surface area contributed by atoms with Crippen LogP contribution in [0.4, 0.5) is 0 Å². The third-order valence-electron chi connectivity index (χ3n) is 2.19. The molecule has 0 aliphatic rings. The Bertz CT molecular complexity index is 574. The fraction of sp³-hybridized carbons (Fsp3) is 0.250. The SMILES string of the molecule is CCOC(=O)c1snnc1CSc1cccc(Cl)c1. The topological polar surface area (TPSA) is 52.1 Å². The maximum absolute atomic E-state index is 11.7. The molecule has 1 aromatic heterocycles. The molecule has 0 fully saturated rings. The van der Waals surface area contributed by atoms with E-state index in [1.54, 1.807) is 18.7 Å². The van der Waals surface area contributed by atoms with Gasteiger partial charge in [0.25, 0.3) is 0 Å². The number of carbonyl (C=O) groups excluding carboxylic acids is 1. The van der Waals surface area contributed by atoms with Crippen LogP contribution in [0.5, 0.6) is 0 Å². The number of thioether (sulfide) groups is 1. The predicted octanol–water partition coefficient (Wildman–Crippen LogP) is 3.66. The average molecular weight is 315 g/mol. The summed E-state index contributed by atoms with van der Waals surface area (Å²) < 4.78 is 8.77. The van der Waals surface area contributed by atoms with E-state index < -0.39 is 0 Å². The van der Waals surface area contributed by atoms with Gasteiger partial charge in [0.1, 0.15) is 5.69 Å². The highest BCUT2D eigenvalue weighted by molar-refractivity contribution is 7.98. The van der Waals surface area contributed by atoms with Gasteiger partial charge in [0.15, 0.2) is 4.88 Å². The van der Waals surface area contributed by atoms with Crippen molar-refractivity contribution in [2.24, 2.45) is 0 Å². The van der Waals surface area contributed by atoms with E-state index in [0.29, 0.717) is 28.0 Å². The molecular weight excluding hydrogens is 304 g/mol. The number of benzene rings is 1. The standard InChI is InChI=1S/C12H11ClN2O2S2/c1-2-17-12(16)11-10(14-15-19-11)7-18-9-5-3-4-8(13)6-9/h3-6H,2,7H2,1H3. The smallest absolute Gasteiger partial charge is 0.351 e. The second kappa shape index (κ2) is 6.88. The summed E-state index contributed by atoms with van der Waals surface area (Å²) in [4.78, 5) is 13.2. The van der Waals surface area contributed by atoms with Gasteiger partial charge in [0.05, 0.1) is 6.61 Å². The Kier molecular flexibility index (Phi) is 5.18. The third-order valence-corrected chi connectivity index (χ3v) is 4.18. The van der Waals surface area contributed by atoms with Gasteiger partial charge < -0.3 is 4.74 Å². The van der Waals surface area contributed by atoms with Gasteiger partial charge in [-0.25, -0.2) is 4.79 Å². The monoisotopic (exact) mass is 314 g/mol. The van der Waals surface area contributed by atoms with Crippen molar-refractivity contribution in [1.29, 1.82) is 0 Å². The van der Waals surface area contributed by atoms with Crippen molar-refractivity contribution in [2.45, 2.75) is 17.6 Å². The molecule has 0 N–H and O–H groups in total. The summed E-state index contributed by atoms with van der Waals surface area (Å²) in [6.45, 7) is 2.12. The van der Waals surface area contributed by atoms with E-state index >= 15 is 0 Å². The molecule has 1 heterocycles. The quantitative estimate of drug-likeness (QED) is 0.622. The van der Waals surface area contributed by atoms with Crippen LogP contribution in [0.2, 0.25) is 5.02 Å². The fourth-order valence-electron chi connectivity index (χ4n) is 1.36. The molecule has 0 saturated heterocycles. The number of aromatic nitrogens is 2. The van der Waals surface area contributed by atoms with Crippen LogP contribution in [0.25, 0.3) is 0 Å². The summed E-state index contributed by atoms with van der Waals surface area (Å²) in [5.74, 6) is 0.199. The van der Waals surface area contributed by atoms with Crippen molar-refractivity contribution < 1.29 is 9.53 Å². The highest BCUT2D eigenvalue weighted by Crippen LogP contribution is 2.26. The van der Waals surface area contributed by atoms with Crippen LogP contribution >= 0.6 is 34.9 Å². The van der Waals surface area contributed by atoms with Crippen LogP contribution in [0.3, 0.4) is 0 Å². The molecule has 0 bridgehead atoms. The fourth-order valence-corrected chi connectivity index (χ4v) is 3.17. The molecule has 1 aromatic carbocycles. The van der Waals surface area contributed by atoms with Crippen molar-refractivity contribution in [3.8, 4) is 0 Å². The molecule has 0 saturated carbocycles. The normalized spacial score (nSPS) is 10.4. The number of nitrogens with zero attached hydrogens (tertiary/aromatic N) is 2. The largest absolute Gasteiger partial charge is 0.462 e. The highest BCUT2D eigenvalue weighted by Gasteiger charge is 2.17. The van der Waals surface area contributed by atoms with Gasteiger partial charge in [0, 0.05) is 15.7 Å². The van der Waals surface area contributed by atoms with Crippen molar-refractivity contribution in [3.05, 3.63) is 39.9 Å². The summed E-state index contributed by atoms with van der Waals surface area (Å²) >= 11 is 8.53. The van der Waals surface area contributed by atoms with E-state index in [9.17, 15) is 4.79 Å². The van der Waals surface area contributed by atoms with Crippen molar-refractivity contribution in [2.75, 3.05) is 6.61 Å². The summed E-state index contributed by atoms with van der Waals surface area (Å²) in [6, 6.07) is 7.53. The lowest BCUT2D eigenvalue weighted by molar-refractivity contribution is 0.0531. The zero-order chi connectivity index (χ0) is 13.7. The molecule has 7 heteroatoms. The van der Waals surface area contributed by atoms with Crippen molar-refractivity contribution >= 4 is 40.9 Å². The van der Waals surface area contributed by atoms with Gasteiger partial charge in [-0.2, -0.15) is 0 Å². The van der Waals surface area contributed by atoms with Gasteiger partial charge >= 0.3 is 5.97 Å². The molecule has 4 nitrogen and oxygen atoms in total. The average Bonchev–Trinajstić information content (AvgIpc) is 2.85. The zero-order valence-electron chi connectivity index (χ0n) is 10.1. The van der Waals surface area contributed by atoms with Crippen LogP contribution in [-0.2, 0) is 10.5 Å². The van der Waals surface area contributed by atoms with Crippen LogP contribution in [0.15, 0.2) is 29.2 Å². The first-order valence-electron chi connectivity index (χ1n) is 5.57. The lowest BCUT2D eigenvalue weighted by Crippen LogP contribution is -2.05. The van der Waals surface area contributed by atoms with Crippen molar-refractivity contribution in [3.63, 3.8) is 0 Å². The minimum Gasteiger partial charge on any atom is -0.462 e. The maximum Gasteiger partial charge on any atom is 0.351 e. The lowest BCUT2D eigenvalue weighted by Gasteiger charge is -2.02. The molecule has 2 aromatic rings. The molecule has 0 spiro atoms. The molecular formula is C12H11ClN2O2S2. The first-order chi connectivity index (χ1) is 9.20. The molecule has 0 aliphatic carbocycles. The van der Waals surface area contributed by atoms with E-state index in [1.807, 2.05) is 24.3 Å². The Labute approximate surface area is 124 Å². The molecule has 0 atom stereocenters. The number of rotatable bonds is 5. The predicted molar refractivity (Wildman–Crippen MR) is 76.9 cm³/mol.